The largest absolute Gasteiger partial charge is 0.493 e. The third-order valence-corrected chi connectivity index (χ3v) is 10.2. The summed E-state index contributed by atoms with van der Waals surface area (Å²) in [6.45, 7) is 7.59. The van der Waals surface area contributed by atoms with Crippen LogP contribution in [-0.4, -0.2) is 121 Å². The lowest BCUT2D eigenvalue weighted by Gasteiger charge is -2.37. The zero-order valence-electron chi connectivity index (χ0n) is 31.8. The molecule has 2 aromatic carbocycles. The van der Waals surface area contributed by atoms with Gasteiger partial charge in [-0.3, -0.25) is 4.90 Å². The Morgan fingerprint density at radius 3 is 2.38 bits per heavy atom. The molecule has 53 heavy (non-hydrogen) atoms. The van der Waals surface area contributed by atoms with Gasteiger partial charge in [-0.25, -0.2) is 9.59 Å². The number of hydrogen-bond donors (Lipinski definition) is 3. The van der Waals surface area contributed by atoms with E-state index in [1.165, 1.54) is 12.8 Å². The van der Waals surface area contributed by atoms with Crippen molar-refractivity contribution in [1.82, 2.24) is 20.9 Å². The second kappa shape index (κ2) is 21.8. The predicted octanol–water partition coefficient (Wildman–Crippen LogP) is 4.88. The third kappa shape index (κ3) is 13.5. The van der Waals surface area contributed by atoms with Crippen molar-refractivity contribution < 1.29 is 42.7 Å². The highest BCUT2D eigenvalue weighted by Crippen LogP contribution is 2.30. The summed E-state index contributed by atoms with van der Waals surface area (Å²) in [6.07, 6.45) is 7.44. The molecule has 3 aliphatic rings. The van der Waals surface area contributed by atoms with Gasteiger partial charge in [0.1, 0.15) is 24.6 Å². The highest BCUT2D eigenvalue weighted by Gasteiger charge is 2.36. The molecule has 13 nitrogen and oxygen atoms in total. The number of ether oxygens (including phenoxy) is 7. The van der Waals surface area contributed by atoms with Crippen molar-refractivity contribution in [3.63, 3.8) is 0 Å². The van der Waals surface area contributed by atoms with Crippen LogP contribution in [0.3, 0.4) is 0 Å². The summed E-state index contributed by atoms with van der Waals surface area (Å²) in [7, 11) is 3.29. The van der Waals surface area contributed by atoms with Crippen LogP contribution in [0.4, 0.5) is 9.59 Å². The molecule has 3 fully saturated rings. The number of unbranched alkanes of at least 4 members (excludes halogenated alkanes) is 1. The average molecular weight is 741 g/mol. The molecule has 294 valence electrons. The molecular formula is C40H60N4O9. The van der Waals surface area contributed by atoms with Gasteiger partial charge in [0.15, 0.2) is 11.5 Å². The fourth-order valence-electron chi connectivity index (χ4n) is 7.12. The van der Waals surface area contributed by atoms with Gasteiger partial charge in [0.05, 0.1) is 40.1 Å². The summed E-state index contributed by atoms with van der Waals surface area (Å²) in [5.41, 5.74) is 2.21. The first-order chi connectivity index (χ1) is 25.9. The summed E-state index contributed by atoms with van der Waals surface area (Å²) < 4.78 is 39.9. The number of carbonyl (C=O) groups excluding carboxylic acids is 2. The Labute approximate surface area is 314 Å². The van der Waals surface area contributed by atoms with E-state index in [1.54, 1.807) is 14.2 Å². The van der Waals surface area contributed by atoms with Crippen LogP contribution >= 0.6 is 0 Å². The lowest BCUT2D eigenvalue weighted by molar-refractivity contribution is -0.0319. The van der Waals surface area contributed by atoms with Crippen LogP contribution in [0.1, 0.15) is 63.0 Å². The maximum absolute atomic E-state index is 12.5. The Kier molecular flexibility index (Phi) is 16.6. The van der Waals surface area contributed by atoms with Gasteiger partial charge < -0.3 is 49.1 Å². The number of morpholine rings is 1. The molecule has 0 radical (unpaired) electrons. The molecule has 0 aromatic heterocycles. The fourth-order valence-corrected chi connectivity index (χ4v) is 7.12. The van der Waals surface area contributed by atoms with Crippen molar-refractivity contribution in [2.45, 2.75) is 95.1 Å². The van der Waals surface area contributed by atoms with Gasteiger partial charge in [-0.2, -0.15) is 0 Å². The van der Waals surface area contributed by atoms with Crippen molar-refractivity contribution in [2.75, 3.05) is 73.4 Å². The minimum atomic E-state index is -0.443. The monoisotopic (exact) mass is 740 g/mol. The summed E-state index contributed by atoms with van der Waals surface area (Å²) in [5, 5.41) is 9.02. The van der Waals surface area contributed by atoms with Crippen LogP contribution in [0.25, 0.3) is 0 Å². The molecule has 2 aliphatic heterocycles. The molecule has 2 heterocycles. The average Bonchev–Trinajstić information content (AvgIpc) is 3.64. The van der Waals surface area contributed by atoms with E-state index in [4.69, 9.17) is 33.2 Å². The number of benzene rings is 2. The SMILES string of the molecule is COc1ccc(CCO[C@@H]2CCCC[C@H]2N2CC[C@@H](OC(=O)NCCCCNC(=O)OCCc3ccc(OCC4CNC(C)CO4)cc3)C2)cc1OC. The van der Waals surface area contributed by atoms with Gasteiger partial charge in [-0.05, 0) is 80.8 Å². The molecule has 0 bridgehead atoms. The topological polar surface area (TPSA) is 138 Å². The van der Waals surface area contributed by atoms with E-state index < -0.39 is 6.09 Å². The molecule has 5 atom stereocenters. The number of likely N-dealkylation sites (tertiary alicyclic amines) is 1. The highest BCUT2D eigenvalue weighted by atomic mass is 16.6. The van der Waals surface area contributed by atoms with Crippen LogP contribution in [0.5, 0.6) is 17.2 Å². The van der Waals surface area contributed by atoms with Gasteiger partial charge in [0.25, 0.3) is 0 Å². The zero-order valence-corrected chi connectivity index (χ0v) is 31.8. The van der Waals surface area contributed by atoms with Crippen LogP contribution in [0.2, 0.25) is 0 Å². The maximum atomic E-state index is 12.5. The number of methoxy groups -OCH3 is 2. The molecule has 2 saturated heterocycles. The predicted molar refractivity (Wildman–Crippen MR) is 201 cm³/mol. The molecule has 1 aliphatic carbocycles. The molecule has 2 aromatic rings. The number of amides is 2. The summed E-state index contributed by atoms with van der Waals surface area (Å²) >= 11 is 0. The van der Waals surface area contributed by atoms with Crippen molar-refractivity contribution in [3.05, 3.63) is 53.6 Å². The van der Waals surface area contributed by atoms with Gasteiger partial charge in [-0.1, -0.05) is 31.0 Å². The van der Waals surface area contributed by atoms with Crippen LogP contribution in [0.15, 0.2) is 42.5 Å². The molecule has 2 amide bonds. The van der Waals surface area contributed by atoms with Gasteiger partial charge in [0, 0.05) is 51.2 Å². The summed E-state index contributed by atoms with van der Waals surface area (Å²) in [5.74, 6) is 2.24. The fraction of sp³-hybridized carbons (Fsp3) is 0.650. The quantitative estimate of drug-likeness (QED) is 0.170. The van der Waals surface area contributed by atoms with E-state index in [-0.39, 0.29) is 31.0 Å². The molecule has 0 spiro atoms. The second-order valence-electron chi connectivity index (χ2n) is 14.2. The molecule has 1 saturated carbocycles. The lowest BCUT2D eigenvalue weighted by Crippen LogP contribution is -2.46. The van der Waals surface area contributed by atoms with Crippen LogP contribution in [0, 0.1) is 0 Å². The van der Waals surface area contributed by atoms with E-state index >= 15 is 0 Å². The molecule has 13 heteroatoms. The number of carbonyl (C=O) groups is 2. The number of alkyl carbamates (subject to hydrolysis) is 2. The molecule has 3 N–H and O–H groups in total. The van der Waals surface area contributed by atoms with E-state index in [9.17, 15) is 9.59 Å². The normalized spacial score (nSPS) is 23.2. The number of rotatable bonds is 19. The Hall–Kier alpha value is -3.78. The smallest absolute Gasteiger partial charge is 0.407 e. The van der Waals surface area contributed by atoms with Gasteiger partial charge >= 0.3 is 12.2 Å². The number of hydrogen-bond acceptors (Lipinski definition) is 11. The standard InChI is InChI=1S/C40H60N4O9/c1-29-27-51-34(25-43-29)28-52-32-13-10-30(11-14-32)17-23-50-39(45)41-19-6-7-20-42-40(46)53-33-16-21-44(26-33)35-8-4-5-9-36(35)49-22-18-31-12-15-37(47-2)38(24-31)48-3/h10-15,24,29,33-36,43H,4-9,16-23,25-28H2,1-3H3,(H,41,45)(H,42,46)/t29?,33-,34?,35-,36-/m1/s1. The first kappa shape index (κ1) is 40.4. The van der Waals surface area contributed by atoms with E-state index in [0.717, 1.165) is 73.7 Å². The van der Waals surface area contributed by atoms with Crippen LogP contribution in [-0.2, 0) is 31.8 Å². The van der Waals surface area contributed by atoms with E-state index in [0.29, 0.717) is 64.3 Å². The minimum absolute atomic E-state index is 0.0517. The van der Waals surface area contributed by atoms with Gasteiger partial charge in [-0.15, -0.1) is 0 Å². The first-order valence-corrected chi connectivity index (χ1v) is 19.4. The van der Waals surface area contributed by atoms with Crippen molar-refractivity contribution in [3.8, 4) is 17.2 Å². The maximum Gasteiger partial charge on any atom is 0.407 e. The summed E-state index contributed by atoms with van der Waals surface area (Å²) in [4.78, 5) is 27.1. The highest BCUT2D eigenvalue weighted by molar-refractivity contribution is 5.67. The van der Waals surface area contributed by atoms with Crippen molar-refractivity contribution >= 4 is 12.2 Å². The molecular weight excluding hydrogens is 680 g/mol. The molecule has 2 unspecified atom stereocenters. The minimum Gasteiger partial charge on any atom is -0.493 e. The Bertz CT molecular complexity index is 1390. The summed E-state index contributed by atoms with van der Waals surface area (Å²) in [6, 6.07) is 14.5. The zero-order chi connectivity index (χ0) is 37.3. The lowest BCUT2D eigenvalue weighted by atomic mass is 9.91. The first-order valence-electron chi connectivity index (χ1n) is 19.4. The van der Waals surface area contributed by atoms with Crippen molar-refractivity contribution in [1.29, 1.82) is 0 Å². The third-order valence-electron chi connectivity index (χ3n) is 10.2. The number of nitrogens with one attached hydrogen (secondary N) is 3. The Morgan fingerprint density at radius 1 is 0.887 bits per heavy atom. The number of nitrogens with zero attached hydrogens (tertiary/aromatic N) is 1. The van der Waals surface area contributed by atoms with Crippen LogP contribution < -0.4 is 30.2 Å². The molecule has 5 rings (SSSR count). The Morgan fingerprint density at radius 2 is 1.62 bits per heavy atom. The second-order valence-corrected chi connectivity index (χ2v) is 14.2. The van der Waals surface area contributed by atoms with E-state index in [2.05, 4.69) is 33.8 Å². The Balaban J connectivity index is 0.877. The van der Waals surface area contributed by atoms with Gasteiger partial charge in [0.2, 0.25) is 0 Å². The van der Waals surface area contributed by atoms with E-state index in [1.807, 2.05) is 36.4 Å². The van der Waals surface area contributed by atoms with Crippen molar-refractivity contribution in [2.24, 2.45) is 0 Å².